The van der Waals surface area contributed by atoms with Crippen molar-refractivity contribution in [2.24, 2.45) is 0 Å². The van der Waals surface area contributed by atoms with Gasteiger partial charge in [0.05, 0.1) is 5.56 Å². The first kappa shape index (κ1) is 19.1. The normalized spacial score (nSPS) is 14.0. The van der Waals surface area contributed by atoms with Gasteiger partial charge in [-0.15, -0.1) is 22.9 Å². The van der Waals surface area contributed by atoms with E-state index >= 15 is 0 Å². The average molecular weight is 390 g/mol. The number of carbonyl (C=O) groups is 2. The highest BCUT2D eigenvalue weighted by Crippen LogP contribution is 2.39. The Morgan fingerprint density at radius 1 is 1.12 bits per heavy atom. The minimum absolute atomic E-state index is 0.0188. The lowest BCUT2D eigenvalue weighted by Crippen LogP contribution is -2.16. The monoisotopic (exact) mass is 389 g/mol. The van der Waals surface area contributed by atoms with Gasteiger partial charge in [0.15, 0.2) is 5.78 Å². The first-order valence-corrected chi connectivity index (χ1v) is 10.3. The molecule has 1 aromatic carbocycles. The number of carbonyl (C=O) groups excluding carboxylic acids is 2. The number of anilines is 1. The second kappa shape index (κ2) is 7.53. The molecule has 1 aliphatic carbocycles. The zero-order valence-corrected chi connectivity index (χ0v) is 17.0. The smallest absolute Gasteiger partial charge is 0.239 e. The van der Waals surface area contributed by atoms with Crippen LogP contribution in [0.1, 0.15) is 65.5 Å². The number of aryl methyl sites for hydroxylation is 1. The van der Waals surface area contributed by atoms with Gasteiger partial charge in [0.25, 0.3) is 0 Å². The van der Waals surface area contributed by atoms with Gasteiger partial charge in [0.1, 0.15) is 10.9 Å². The highest BCUT2D eigenvalue weighted by atomic mass is 35.5. The third-order valence-corrected chi connectivity index (χ3v) is 6.24. The Balaban J connectivity index is 2.00. The number of thiophene rings is 1. The fraction of sp³-hybridized carbons (Fsp3) is 0.429. The van der Waals surface area contributed by atoms with E-state index in [2.05, 4.69) is 26.1 Å². The number of rotatable bonds is 4. The van der Waals surface area contributed by atoms with Crippen molar-refractivity contribution >= 4 is 39.6 Å². The molecule has 0 bridgehead atoms. The second-order valence-corrected chi connectivity index (χ2v) is 9.13. The number of ketones is 1. The molecule has 0 atom stereocenters. The van der Waals surface area contributed by atoms with E-state index in [-0.39, 0.29) is 23.0 Å². The second-order valence-electron chi connectivity index (χ2n) is 7.75. The quantitative estimate of drug-likeness (QED) is 0.567. The Morgan fingerprint density at radius 2 is 1.77 bits per heavy atom. The van der Waals surface area contributed by atoms with E-state index in [1.165, 1.54) is 21.8 Å². The molecule has 0 radical (unpaired) electrons. The average Bonchev–Trinajstić information content (AvgIpc) is 2.98. The van der Waals surface area contributed by atoms with Crippen molar-refractivity contribution in [3.63, 3.8) is 0 Å². The summed E-state index contributed by atoms with van der Waals surface area (Å²) in [5, 5.41) is 3.48. The van der Waals surface area contributed by atoms with E-state index in [9.17, 15) is 9.59 Å². The number of halogens is 1. The molecular weight excluding hydrogens is 366 g/mol. The minimum Gasteiger partial charge on any atom is -0.316 e. The van der Waals surface area contributed by atoms with Crippen LogP contribution in [0.15, 0.2) is 24.3 Å². The molecule has 0 spiro atoms. The molecule has 26 heavy (non-hydrogen) atoms. The summed E-state index contributed by atoms with van der Waals surface area (Å²) in [6, 6.07) is 7.82. The van der Waals surface area contributed by atoms with Gasteiger partial charge in [-0.25, -0.2) is 0 Å². The summed E-state index contributed by atoms with van der Waals surface area (Å²) in [5.74, 6) is -0.409. The third-order valence-electron chi connectivity index (χ3n) is 4.79. The predicted octanol–water partition coefficient (Wildman–Crippen LogP) is 5.33. The van der Waals surface area contributed by atoms with Crippen LogP contribution in [0.5, 0.6) is 0 Å². The van der Waals surface area contributed by atoms with Crippen LogP contribution in [0.25, 0.3) is 0 Å². The van der Waals surface area contributed by atoms with Gasteiger partial charge in [-0.1, -0.05) is 45.0 Å². The summed E-state index contributed by atoms with van der Waals surface area (Å²) in [6.45, 7) is 6.45. The minimum atomic E-state index is -0.276. The molecule has 1 amide bonds. The van der Waals surface area contributed by atoms with Gasteiger partial charge >= 0.3 is 0 Å². The first-order valence-electron chi connectivity index (χ1n) is 8.97. The van der Waals surface area contributed by atoms with Gasteiger partial charge in [-0.3, -0.25) is 9.59 Å². The van der Waals surface area contributed by atoms with E-state index in [4.69, 9.17) is 11.6 Å². The summed E-state index contributed by atoms with van der Waals surface area (Å²) >= 11 is 7.17. The fourth-order valence-corrected chi connectivity index (χ4v) is 4.69. The lowest BCUT2D eigenvalue weighted by Gasteiger charge is -2.19. The topological polar surface area (TPSA) is 46.2 Å². The maximum Gasteiger partial charge on any atom is 0.239 e. The maximum absolute atomic E-state index is 13.3. The maximum atomic E-state index is 13.3. The van der Waals surface area contributed by atoms with Crippen LogP contribution >= 0.6 is 22.9 Å². The molecule has 3 nitrogen and oxygen atoms in total. The number of nitrogens with one attached hydrogen (secondary N) is 1. The Hall–Kier alpha value is -1.65. The Labute approximate surface area is 163 Å². The van der Waals surface area contributed by atoms with Crippen molar-refractivity contribution in [2.45, 2.75) is 51.9 Å². The summed E-state index contributed by atoms with van der Waals surface area (Å²) in [6.07, 6.45) is 4.07. The van der Waals surface area contributed by atoms with Crippen LogP contribution in [0, 0.1) is 0 Å². The predicted molar refractivity (Wildman–Crippen MR) is 109 cm³/mol. The Morgan fingerprint density at radius 3 is 2.38 bits per heavy atom. The number of benzene rings is 1. The van der Waals surface area contributed by atoms with Crippen molar-refractivity contribution in [3.05, 3.63) is 51.4 Å². The zero-order chi connectivity index (χ0) is 18.9. The van der Waals surface area contributed by atoms with Gasteiger partial charge in [-0.2, -0.15) is 0 Å². The van der Waals surface area contributed by atoms with Crippen molar-refractivity contribution in [2.75, 3.05) is 11.2 Å². The summed E-state index contributed by atoms with van der Waals surface area (Å²) < 4.78 is 0. The van der Waals surface area contributed by atoms with Gasteiger partial charge in [-0.05, 0) is 42.2 Å². The molecule has 138 valence electrons. The number of fused-ring (bicyclic) bond motifs is 1. The third kappa shape index (κ3) is 3.86. The highest BCUT2D eigenvalue weighted by molar-refractivity contribution is 7.17. The molecule has 0 fully saturated rings. The van der Waals surface area contributed by atoms with Crippen molar-refractivity contribution in [3.8, 4) is 0 Å². The number of hydrogen-bond donors (Lipinski definition) is 1. The van der Waals surface area contributed by atoms with E-state index < -0.39 is 0 Å². The first-order chi connectivity index (χ1) is 12.3. The molecule has 0 unspecified atom stereocenters. The Bertz CT molecular complexity index is 831. The van der Waals surface area contributed by atoms with Crippen LogP contribution < -0.4 is 5.32 Å². The molecule has 5 heteroatoms. The van der Waals surface area contributed by atoms with Gasteiger partial charge in [0, 0.05) is 10.4 Å². The molecule has 1 heterocycles. The van der Waals surface area contributed by atoms with Gasteiger partial charge < -0.3 is 5.32 Å². The molecule has 1 N–H and O–H groups in total. The summed E-state index contributed by atoms with van der Waals surface area (Å²) in [7, 11) is 0. The number of hydrogen-bond acceptors (Lipinski definition) is 3. The van der Waals surface area contributed by atoms with Gasteiger partial charge in [0.2, 0.25) is 5.91 Å². The molecular formula is C21H24ClNO2S. The van der Waals surface area contributed by atoms with E-state index in [0.29, 0.717) is 16.1 Å². The van der Waals surface area contributed by atoms with E-state index in [0.717, 1.165) is 31.2 Å². The lowest BCUT2D eigenvalue weighted by atomic mass is 9.86. The molecule has 3 rings (SSSR count). The van der Waals surface area contributed by atoms with E-state index in [1.54, 1.807) is 0 Å². The van der Waals surface area contributed by atoms with Crippen LogP contribution in [-0.4, -0.2) is 17.6 Å². The number of amides is 1. The SMILES string of the molecule is CC(C)(C)c1ccc(C(=O)c2c(NC(=O)CCl)sc3c2CCCC3)cc1. The molecule has 0 saturated carbocycles. The standard InChI is InChI=1S/C21H24ClNO2S/c1-21(2,3)14-10-8-13(9-11-14)19(25)18-15-6-4-5-7-16(15)26-20(18)23-17(24)12-22/h8-11H,4-7,12H2,1-3H3,(H,23,24). The largest absolute Gasteiger partial charge is 0.316 e. The highest BCUT2D eigenvalue weighted by Gasteiger charge is 2.27. The van der Waals surface area contributed by atoms with Crippen molar-refractivity contribution in [1.82, 2.24) is 0 Å². The molecule has 2 aromatic rings. The lowest BCUT2D eigenvalue weighted by molar-refractivity contribution is -0.113. The zero-order valence-electron chi connectivity index (χ0n) is 15.4. The van der Waals surface area contributed by atoms with Crippen LogP contribution in [0.2, 0.25) is 0 Å². The molecule has 1 aliphatic rings. The van der Waals surface area contributed by atoms with Crippen LogP contribution in [0.4, 0.5) is 5.00 Å². The molecule has 1 aromatic heterocycles. The molecule has 0 saturated heterocycles. The van der Waals surface area contributed by atoms with E-state index in [1.807, 2.05) is 24.3 Å². The Kier molecular flexibility index (Phi) is 5.54. The fourth-order valence-electron chi connectivity index (χ4n) is 3.32. The molecule has 0 aliphatic heterocycles. The van der Waals surface area contributed by atoms with Crippen molar-refractivity contribution in [1.29, 1.82) is 0 Å². The van der Waals surface area contributed by atoms with Crippen molar-refractivity contribution < 1.29 is 9.59 Å². The summed E-state index contributed by atoms with van der Waals surface area (Å²) in [4.78, 5) is 26.3. The van der Waals surface area contributed by atoms with Crippen LogP contribution in [-0.2, 0) is 23.1 Å². The van der Waals surface area contributed by atoms with Crippen LogP contribution in [0.3, 0.4) is 0 Å². The number of alkyl halides is 1. The summed E-state index contributed by atoms with van der Waals surface area (Å²) in [5.41, 5.74) is 3.66.